The van der Waals surface area contributed by atoms with Crippen molar-refractivity contribution >= 4 is 23.8 Å². The van der Waals surface area contributed by atoms with E-state index < -0.39 is 18.0 Å². The van der Waals surface area contributed by atoms with E-state index >= 15 is 0 Å². The SMILES string of the molecule is COCCCC(NC(=O)NCC1(C)CCCS1)C(=O)O. The topological polar surface area (TPSA) is 87.7 Å². The highest BCUT2D eigenvalue weighted by Crippen LogP contribution is 2.36. The van der Waals surface area contributed by atoms with Gasteiger partial charge in [-0.2, -0.15) is 11.8 Å². The van der Waals surface area contributed by atoms with Crippen LogP contribution in [0.4, 0.5) is 4.79 Å². The number of carbonyl (C=O) groups excluding carboxylic acids is 1. The molecule has 1 heterocycles. The van der Waals surface area contributed by atoms with E-state index in [1.165, 1.54) is 6.42 Å². The predicted molar refractivity (Wildman–Crippen MR) is 79.2 cm³/mol. The summed E-state index contributed by atoms with van der Waals surface area (Å²) in [7, 11) is 1.57. The van der Waals surface area contributed by atoms with Crippen molar-refractivity contribution in [3.8, 4) is 0 Å². The van der Waals surface area contributed by atoms with Gasteiger partial charge in [0.1, 0.15) is 6.04 Å². The van der Waals surface area contributed by atoms with Gasteiger partial charge in [-0.05, 0) is 38.4 Å². The van der Waals surface area contributed by atoms with E-state index in [-0.39, 0.29) is 4.75 Å². The third-order valence-corrected chi connectivity index (χ3v) is 4.91. The fourth-order valence-electron chi connectivity index (χ4n) is 2.14. The molecule has 0 aromatic heterocycles. The van der Waals surface area contributed by atoms with Gasteiger partial charge in [0.25, 0.3) is 0 Å². The first-order chi connectivity index (χ1) is 9.47. The molecule has 0 aromatic carbocycles. The van der Waals surface area contributed by atoms with Gasteiger partial charge >= 0.3 is 12.0 Å². The number of aliphatic carboxylic acids is 1. The number of carbonyl (C=O) groups is 2. The molecule has 1 saturated heterocycles. The molecule has 0 bridgehead atoms. The van der Waals surface area contributed by atoms with Crippen molar-refractivity contribution in [2.75, 3.05) is 26.0 Å². The number of ether oxygens (including phenoxy) is 1. The molecule has 1 aliphatic rings. The van der Waals surface area contributed by atoms with E-state index in [0.717, 1.165) is 12.2 Å². The standard InChI is InChI=1S/C13H24N2O4S/c1-13(6-4-8-20-13)9-14-12(18)15-10(11(16)17)5-3-7-19-2/h10H,3-9H2,1-2H3,(H,16,17)(H2,14,15,18). The van der Waals surface area contributed by atoms with Crippen LogP contribution in [0, 0.1) is 0 Å². The molecule has 0 spiro atoms. The van der Waals surface area contributed by atoms with Crippen LogP contribution in [0.25, 0.3) is 0 Å². The molecule has 116 valence electrons. The van der Waals surface area contributed by atoms with E-state index in [1.807, 2.05) is 11.8 Å². The Morgan fingerprint density at radius 2 is 2.25 bits per heavy atom. The molecule has 3 N–H and O–H groups in total. The van der Waals surface area contributed by atoms with E-state index in [0.29, 0.717) is 26.0 Å². The van der Waals surface area contributed by atoms with E-state index in [2.05, 4.69) is 17.6 Å². The second-order valence-electron chi connectivity index (χ2n) is 5.25. The summed E-state index contributed by atoms with van der Waals surface area (Å²) in [5.41, 5.74) is 0. The third kappa shape index (κ3) is 6.00. The number of carboxylic acid groups (broad SMARTS) is 1. The second kappa shape index (κ2) is 8.36. The Kier molecular flexibility index (Phi) is 7.15. The van der Waals surface area contributed by atoms with Crippen molar-refractivity contribution in [3.63, 3.8) is 0 Å². The molecule has 1 fully saturated rings. The molecule has 2 amide bonds. The highest BCUT2D eigenvalue weighted by molar-refractivity contribution is 8.00. The Morgan fingerprint density at radius 1 is 1.50 bits per heavy atom. The summed E-state index contributed by atoms with van der Waals surface area (Å²) in [6.07, 6.45) is 3.21. The van der Waals surface area contributed by atoms with Crippen molar-refractivity contribution in [3.05, 3.63) is 0 Å². The normalized spacial score (nSPS) is 23.3. The summed E-state index contributed by atoms with van der Waals surface area (Å²) in [6.45, 7) is 3.17. The van der Waals surface area contributed by atoms with Gasteiger partial charge < -0.3 is 20.5 Å². The number of nitrogens with one attached hydrogen (secondary N) is 2. The van der Waals surface area contributed by atoms with Gasteiger partial charge in [0.15, 0.2) is 0 Å². The largest absolute Gasteiger partial charge is 0.480 e. The van der Waals surface area contributed by atoms with Crippen LogP contribution in [-0.2, 0) is 9.53 Å². The monoisotopic (exact) mass is 304 g/mol. The minimum Gasteiger partial charge on any atom is -0.480 e. The summed E-state index contributed by atoms with van der Waals surface area (Å²) < 4.78 is 4.96. The second-order valence-corrected chi connectivity index (χ2v) is 6.94. The fraction of sp³-hybridized carbons (Fsp3) is 0.846. The lowest BCUT2D eigenvalue weighted by Crippen LogP contribution is -2.48. The number of urea groups is 1. The van der Waals surface area contributed by atoms with Crippen LogP contribution in [-0.4, -0.2) is 53.9 Å². The molecule has 1 rings (SSSR count). The highest BCUT2D eigenvalue weighted by atomic mass is 32.2. The molecule has 1 aliphatic heterocycles. The maximum absolute atomic E-state index is 11.8. The van der Waals surface area contributed by atoms with Crippen LogP contribution in [0.5, 0.6) is 0 Å². The Bertz CT molecular complexity index is 332. The van der Waals surface area contributed by atoms with Gasteiger partial charge in [-0.25, -0.2) is 9.59 Å². The average molecular weight is 304 g/mol. The zero-order chi connectivity index (χ0) is 15.0. The Labute approximate surface area is 124 Å². The van der Waals surface area contributed by atoms with E-state index in [1.54, 1.807) is 7.11 Å². The molecule has 0 radical (unpaired) electrons. The lowest BCUT2D eigenvalue weighted by molar-refractivity contribution is -0.139. The molecule has 7 heteroatoms. The molecular formula is C13H24N2O4S. The minimum absolute atomic E-state index is 0.0755. The smallest absolute Gasteiger partial charge is 0.326 e. The number of carboxylic acids is 1. The molecule has 0 saturated carbocycles. The molecule has 0 aliphatic carbocycles. The summed E-state index contributed by atoms with van der Waals surface area (Å²) in [4.78, 5) is 22.8. The summed E-state index contributed by atoms with van der Waals surface area (Å²) >= 11 is 1.85. The van der Waals surface area contributed by atoms with E-state index in [4.69, 9.17) is 9.84 Å². The average Bonchev–Trinajstić information content (AvgIpc) is 2.83. The molecule has 2 unspecified atom stereocenters. The molecule has 6 nitrogen and oxygen atoms in total. The van der Waals surface area contributed by atoms with Crippen LogP contribution in [0.15, 0.2) is 0 Å². The van der Waals surface area contributed by atoms with Crippen molar-refractivity contribution in [2.24, 2.45) is 0 Å². The van der Waals surface area contributed by atoms with Crippen molar-refractivity contribution in [1.82, 2.24) is 10.6 Å². The van der Waals surface area contributed by atoms with Crippen LogP contribution >= 0.6 is 11.8 Å². The number of hydrogen-bond donors (Lipinski definition) is 3. The first-order valence-electron chi connectivity index (χ1n) is 6.87. The van der Waals surface area contributed by atoms with Crippen molar-refractivity contribution in [2.45, 2.75) is 43.4 Å². The Hall–Kier alpha value is -0.950. The van der Waals surface area contributed by atoms with E-state index in [9.17, 15) is 9.59 Å². The maximum atomic E-state index is 11.8. The lowest BCUT2D eigenvalue weighted by atomic mass is 10.1. The molecular weight excluding hydrogens is 280 g/mol. The molecule has 20 heavy (non-hydrogen) atoms. The number of amides is 2. The van der Waals surface area contributed by atoms with Gasteiger partial charge in [0.05, 0.1) is 0 Å². The number of hydrogen-bond acceptors (Lipinski definition) is 4. The first-order valence-corrected chi connectivity index (χ1v) is 7.85. The summed E-state index contributed by atoms with van der Waals surface area (Å²) in [5, 5.41) is 14.3. The van der Waals surface area contributed by atoms with Gasteiger partial charge in [-0.1, -0.05) is 0 Å². The quantitative estimate of drug-likeness (QED) is 0.591. The van der Waals surface area contributed by atoms with Gasteiger partial charge in [-0.3, -0.25) is 0 Å². The zero-order valence-electron chi connectivity index (χ0n) is 12.1. The fourth-order valence-corrected chi connectivity index (χ4v) is 3.39. The Balaban J connectivity index is 2.31. The maximum Gasteiger partial charge on any atom is 0.326 e. The van der Waals surface area contributed by atoms with Crippen molar-refractivity contribution < 1.29 is 19.4 Å². The number of rotatable bonds is 8. The van der Waals surface area contributed by atoms with Crippen LogP contribution in [0.3, 0.4) is 0 Å². The summed E-state index contributed by atoms with van der Waals surface area (Å²) in [6, 6.07) is -1.28. The zero-order valence-corrected chi connectivity index (χ0v) is 12.9. The first kappa shape index (κ1) is 17.1. The van der Waals surface area contributed by atoms with Crippen LogP contribution < -0.4 is 10.6 Å². The lowest BCUT2D eigenvalue weighted by Gasteiger charge is -2.23. The number of methoxy groups -OCH3 is 1. The van der Waals surface area contributed by atoms with Crippen LogP contribution in [0.1, 0.15) is 32.6 Å². The minimum atomic E-state index is -1.02. The third-order valence-electron chi connectivity index (χ3n) is 3.37. The van der Waals surface area contributed by atoms with Gasteiger partial charge in [-0.15, -0.1) is 0 Å². The van der Waals surface area contributed by atoms with Gasteiger partial charge in [0.2, 0.25) is 0 Å². The number of thioether (sulfide) groups is 1. The van der Waals surface area contributed by atoms with Gasteiger partial charge in [0, 0.05) is 25.0 Å². The van der Waals surface area contributed by atoms with Crippen LogP contribution in [0.2, 0.25) is 0 Å². The molecule has 0 aromatic rings. The van der Waals surface area contributed by atoms with Crippen molar-refractivity contribution in [1.29, 1.82) is 0 Å². The predicted octanol–water partition coefficient (Wildman–Crippen LogP) is 1.45. The summed E-state index contributed by atoms with van der Waals surface area (Å²) in [5.74, 6) is 0.104. The highest BCUT2D eigenvalue weighted by Gasteiger charge is 2.30. The molecule has 2 atom stereocenters. The Morgan fingerprint density at radius 3 is 2.80 bits per heavy atom.